The van der Waals surface area contributed by atoms with Crippen LogP contribution in [0.4, 0.5) is 5.69 Å². The molecule has 7 heteroatoms. The molecule has 0 aliphatic rings. The van der Waals surface area contributed by atoms with E-state index in [1.165, 1.54) is 12.1 Å². The minimum absolute atomic E-state index is 0.0702. The Morgan fingerprint density at radius 3 is 2.30 bits per heavy atom. The summed E-state index contributed by atoms with van der Waals surface area (Å²) in [6.07, 6.45) is 0. The predicted molar refractivity (Wildman–Crippen MR) is 110 cm³/mol. The molecule has 146 valence electrons. The topological polar surface area (TPSA) is 66.5 Å². The number of anilines is 1. The lowest BCUT2D eigenvalue weighted by atomic mass is 10.1. The molecule has 0 aromatic heterocycles. The molecule has 0 fully saturated rings. The van der Waals surface area contributed by atoms with Gasteiger partial charge in [-0.3, -0.25) is 9.10 Å². The number of nitrogens with zero attached hydrogens (tertiary/aromatic N) is 1. The number of sulfonamides is 1. The van der Waals surface area contributed by atoms with Crippen LogP contribution in [0, 0.1) is 12.8 Å². The van der Waals surface area contributed by atoms with Gasteiger partial charge in [0.15, 0.2) is 0 Å². The van der Waals surface area contributed by atoms with Crippen LogP contribution in [0.1, 0.15) is 26.3 Å². The van der Waals surface area contributed by atoms with Crippen molar-refractivity contribution >= 4 is 33.2 Å². The summed E-state index contributed by atoms with van der Waals surface area (Å²) in [5, 5.41) is 3.30. The van der Waals surface area contributed by atoms with Crippen LogP contribution in [0.25, 0.3) is 0 Å². The lowest BCUT2D eigenvalue weighted by molar-refractivity contribution is -0.120. The highest BCUT2D eigenvalue weighted by molar-refractivity contribution is 7.92. The Kier molecular flexibility index (Phi) is 6.89. The van der Waals surface area contributed by atoms with Gasteiger partial charge in [-0.25, -0.2) is 8.42 Å². The molecule has 2 aromatic rings. The van der Waals surface area contributed by atoms with E-state index in [1.807, 2.05) is 20.8 Å². The van der Waals surface area contributed by atoms with Crippen LogP contribution >= 0.6 is 11.6 Å². The molecule has 0 saturated heterocycles. The van der Waals surface area contributed by atoms with Crippen molar-refractivity contribution < 1.29 is 13.2 Å². The highest BCUT2D eigenvalue weighted by Crippen LogP contribution is 2.30. The Morgan fingerprint density at radius 1 is 1.07 bits per heavy atom. The predicted octanol–water partition coefficient (Wildman–Crippen LogP) is 4.00. The molecule has 27 heavy (non-hydrogen) atoms. The fourth-order valence-electron chi connectivity index (χ4n) is 2.48. The van der Waals surface area contributed by atoms with Gasteiger partial charge >= 0.3 is 0 Å². The highest BCUT2D eigenvalue weighted by Gasteiger charge is 2.29. The minimum atomic E-state index is -3.93. The number of rotatable bonds is 7. The van der Waals surface area contributed by atoms with Gasteiger partial charge in [-0.2, -0.15) is 0 Å². The summed E-state index contributed by atoms with van der Waals surface area (Å²) in [7, 11) is -3.93. The molecular weight excluding hydrogens is 384 g/mol. The average Bonchev–Trinajstić information content (AvgIpc) is 2.63. The first-order valence-corrected chi connectivity index (χ1v) is 10.6. The van der Waals surface area contributed by atoms with Crippen molar-refractivity contribution in [2.24, 2.45) is 5.92 Å². The van der Waals surface area contributed by atoms with E-state index in [4.69, 9.17) is 11.6 Å². The maximum absolute atomic E-state index is 13.3. The van der Waals surface area contributed by atoms with E-state index in [2.05, 4.69) is 5.32 Å². The van der Waals surface area contributed by atoms with Crippen molar-refractivity contribution in [3.63, 3.8) is 0 Å². The SMILES string of the molecule is Cc1c(Cl)cccc1N(CC(=O)N[C@H](C)C(C)C)S(=O)(=O)c1ccccc1. The smallest absolute Gasteiger partial charge is 0.264 e. The van der Waals surface area contributed by atoms with Crippen molar-refractivity contribution in [2.45, 2.75) is 38.6 Å². The van der Waals surface area contributed by atoms with Crippen LogP contribution in [-0.4, -0.2) is 26.9 Å². The van der Waals surface area contributed by atoms with Crippen LogP contribution in [0.3, 0.4) is 0 Å². The van der Waals surface area contributed by atoms with Gasteiger partial charge in [-0.1, -0.05) is 49.7 Å². The molecule has 0 bridgehead atoms. The summed E-state index contributed by atoms with van der Waals surface area (Å²) in [5.74, 6) is -0.129. The van der Waals surface area contributed by atoms with E-state index in [1.54, 1.807) is 43.3 Å². The number of hydrogen-bond acceptors (Lipinski definition) is 3. The molecule has 0 aliphatic heterocycles. The van der Waals surface area contributed by atoms with Gasteiger partial charge in [0.25, 0.3) is 10.0 Å². The molecule has 0 spiro atoms. The number of carbonyl (C=O) groups excluding carboxylic acids is 1. The third-order valence-electron chi connectivity index (χ3n) is 4.51. The lowest BCUT2D eigenvalue weighted by Crippen LogP contribution is -2.45. The Bertz CT molecular complexity index is 899. The zero-order chi connectivity index (χ0) is 20.2. The minimum Gasteiger partial charge on any atom is -0.352 e. The van der Waals surface area contributed by atoms with Gasteiger partial charge in [0.1, 0.15) is 6.54 Å². The Labute approximate surface area is 166 Å². The first-order chi connectivity index (χ1) is 12.6. The van der Waals surface area contributed by atoms with Crippen LogP contribution in [0.5, 0.6) is 0 Å². The number of amides is 1. The van der Waals surface area contributed by atoms with Crippen LogP contribution < -0.4 is 9.62 Å². The number of hydrogen-bond donors (Lipinski definition) is 1. The van der Waals surface area contributed by atoms with Crippen molar-refractivity contribution in [1.82, 2.24) is 5.32 Å². The molecule has 0 aliphatic carbocycles. The van der Waals surface area contributed by atoms with Gasteiger partial charge in [0.2, 0.25) is 5.91 Å². The van der Waals surface area contributed by atoms with Crippen molar-refractivity contribution in [3.8, 4) is 0 Å². The molecule has 0 saturated carbocycles. The molecule has 0 heterocycles. The van der Waals surface area contributed by atoms with E-state index in [0.717, 1.165) is 4.31 Å². The summed E-state index contributed by atoms with van der Waals surface area (Å²) < 4.78 is 27.6. The molecule has 0 radical (unpaired) electrons. The van der Waals surface area contributed by atoms with Gasteiger partial charge in [0.05, 0.1) is 10.6 Å². The quantitative estimate of drug-likeness (QED) is 0.752. The van der Waals surface area contributed by atoms with Crippen LogP contribution in [-0.2, 0) is 14.8 Å². The summed E-state index contributed by atoms with van der Waals surface area (Å²) in [6, 6.07) is 13.0. The number of nitrogens with one attached hydrogen (secondary N) is 1. The standard InChI is InChI=1S/C20H25ClN2O3S/c1-14(2)16(4)22-20(24)13-23(19-12-8-11-18(21)15(19)3)27(25,26)17-9-6-5-7-10-17/h5-12,14,16H,13H2,1-4H3,(H,22,24)/t16-/m1/s1. The van der Waals surface area contributed by atoms with Gasteiger partial charge in [-0.05, 0) is 49.6 Å². The first-order valence-electron chi connectivity index (χ1n) is 8.77. The Hall–Kier alpha value is -2.05. The molecule has 1 amide bonds. The van der Waals surface area contributed by atoms with Crippen molar-refractivity contribution in [3.05, 3.63) is 59.1 Å². The first kappa shape index (κ1) is 21.3. The maximum atomic E-state index is 13.3. The zero-order valence-corrected chi connectivity index (χ0v) is 17.5. The average molecular weight is 409 g/mol. The van der Waals surface area contributed by atoms with Gasteiger partial charge in [-0.15, -0.1) is 0 Å². The van der Waals surface area contributed by atoms with Crippen LogP contribution in [0.15, 0.2) is 53.4 Å². The number of halogens is 1. The molecule has 5 nitrogen and oxygen atoms in total. The fraction of sp³-hybridized carbons (Fsp3) is 0.350. The molecule has 1 N–H and O–H groups in total. The lowest BCUT2D eigenvalue weighted by Gasteiger charge is -2.27. The zero-order valence-electron chi connectivity index (χ0n) is 15.9. The second-order valence-electron chi connectivity index (χ2n) is 6.81. The fourth-order valence-corrected chi connectivity index (χ4v) is 4.15. The van der Waals surface area contributed by atoms with E-state index < -0.39 is 10.0 Å². The number of carbonyl (C=O) groups is 1. The summed E-state index contributed by atoms with van der Waals surface area (Å²) in [4.78, 5) is 12.7. The third-order valence-corrected chi connectivity index (χ3v) is 6.70. The Morgan fingerprint density at radius 2 is 1.70 bits per heavy atom. The second kappa shape index (κ2) is 8.76. The van der Waals surface area contributed by atoms with E-state index in [-0.39, 0.29) is 29.3 Å². The van der Waals surface area contributed by atoms with E-state index in [0.29, 0.717) is 16.3 Å². The molecule has 2 rings (SSSR count). The largest absolute Gasteiger partial charge is 0.352 e. The number of benzene rings is 2. The Balaban J connectivity index is 2.47. The second-order valence-corrected chi connectivity index (χ2v) is 9.08. The van der Waals surface area contributed by atoms with Gasteiger partial charge < -0.3 is 5.32 Å². The highest BCUT2D eigenvalue weighted by atomic mass is 35.5. The van der Waals surface area contributed by atoms with Crippen molar-refractivity contribution in [1.29, 1.82) is 0 Å². The molecule has 0 unspecified atom stereocenters. The maximum Gasteiger partial charge on any atom is 0.264 e. The molecular formula is C20H25ClN2O3S. The van der Waals surface area contributed by atoms with E-state index >= 15 is 0 Å². The van der Waals surface area contributed by atoms with E-state index in [9.17, 15) is 13.2 Å². The third kappa shape index (κ3) is 5.02. The monoisotopic (exact) mass is 408 g/mol. The normalized spacial score (nSPS) is 12.7. The van der Waals surface area contributed by atoms with Crippen molar-refractivity contribution in [2.75, 3.05) is 10.8 Å². The summed E-state index contributed by atoms with van der Waals surface area (Å²) >= 11 is 6.19. The van der Waals surface area contributed by atoms with Crippen LogP contribution in [0.2, 0.25) is 5.02 Å². The summed E-state index contributed by atoms with van der Waals surface area (Å²) in [6.45, 7) is 7.29. The summed E-state index contributed by atoms with van der Waals surface area (Å²) in [5.41, 5.74) is 0.988. The van der Waals surface area contributed by atoms with Gasteiger partial charge in [0, 0.05) is 11.1 Å². The molecule has 2 aromatic carbocycles. The molecule has 1 atom stereocenters.